The first-order valence-corrected chi connectivity index (χ1v) is 6.93. The van der Waals surface area contributed by atoms with Crippen molar-refractivity contribution in [2.75, 3.05) is 12.8 Å². The van der Waals surface area contributed by atoms with Crippen molar-refractivity contribution in [3.05, 3.63) is 52.5 Å². The minimum absolute atomic E-state index is 0.148. The van der Waals surface area contributed by atoms with E-state index in [-0.39, 0.29) is 23.6 Å². The summed E-state index contributed by atoms with van der Waals surface area (Å²) in [6.07, 6.45) is 0.220. The number of carbonyl (C=O) groups is 1. The van der Waals surface area contributed by atoms with Crippen LogP contribution in [0.4, 0.5) is 5.69 Å². The highest BCUT2D eigenvalue weighted by atomic mass is 35.5. The van der Waals surface area contributed by atoms with Gasteiger partial charge in [0.2, 0.25) is 0 Å². The fraction of sp³-hybridized carbons (Fsp3) is 0.188. The fourth-order valence-corrected chi connectivity index (χ4v) is 2.37. The molecule has 0 spiro atoms. The van der Waals surface area contributed by atoms with E-state index in [1.165, 1.54) is 7.11 Å². The van der Waals surface area contributed by atoms with Gasteiger partial charge in [0, 0.05) is 5.02 Å². The molecule has 0 aliphatic carbocycles. The van der Waals surface area contributed by atoms with Crippen LogP contribution in [0, 0.1) is 0 Å². The normalized spacial score (nSPS) is 11.9. The van der Waals surface area contributed by atoms with Crippen molar-refractivity contribution < 1.29 is 19.7 Å². The molecule has 0 aliphatic heterocycles. The molecule has 6 heteroatoms. The maximum absolute atomic E-state index is 11.6. The van der Waals surface area contributed by atoms with E-state index in [2.05, 4.69) is 0 Å². The molecule has 1 unspecified atom stereocenters. The molecule has 22 heavy (non-hydrogen) atoms. The molecule has 4 N–H and O–H groups in total. The van der Waals surface area contributed by atoms with Gasteiger partial charge in [-0.1, -0.05) is 23.7 Å². The van der Waals surface area contributed by atoms with Gasteiger partial charge in [-0.25, -0.2) is 0 Å². The Morgan fingerprint density at radius 3 is 2.50 bits per heavy atom. The lowest BCUT2D eigenvalue weighted by Crippen LogP contribution is -2.14. The first-order chi connectivity index (χ1) is 10.4. The SMILES string of the molecule is COc1cc(CC(C(=O)O)c2ccc(Cl)cc2)cc(N)c1O. The van der Waals surface area contributed by atoms with Crippen LogP contribution in [0.15, 0.2) is 36.4 Å². The Balaban J connectivity index is 2.34. The van der Waals surface area contributed by atoms with E-state index >= 15 is 0 Å². The number of nitrogens with two attached hydrogens (primary N) is 1. The van der Waals surface area contributed by atoms with Crippen molar-refractivity contribution in [2.24, 2.45) is 0 Å². The smallest absolute Gasteiger partial charge is 0.311 e. The molecular weight excluding hydrogens is 306 g/mol. The number of methoxy groups -OCH3 is 1. The molecular formula is C16H16ClNO4. The van der Waals surface area contributed by atoms with Gasteiger partial charge in [0.1, 0.15) is 0 Å². The van der Waals surface area contributed by atoms with E-state index in [1.807, 2.05) is 0 Å². The van der Waals surface area contributed by atoms with Crippen molar-refractivity contribution in [3.63, 3.8) is 0 Å². The zero-order valence-electron chi connectivity index (χ0n) is 11.9. The molecule has 2 aromatic rings. The van der Waals surface area contributed by atoms with Gasteiger partial charge in [0.15, 0.2) is 11.5 Å². The summed E-state index contributed by atoms with van der Waals surface area (Å²) in [6.45, 7) is 0. The first-order valence-electron chi connectivity index (χ1n) is 6.56. The average Bonchev–Trinajstić information content (AvgIpc) is 2.49. The third-order valence-electron chi connectivity index (χ3n) is 3.39. The van der Waals surface area contributed by atoms with Gasteiger partial charge < -0.3 is 20.7 Å². The Hall–Kier alpha value is -2.40. The molecule has 0 saturated heterocycles. The van der Waals surface area contributed by atoms with Crippen LogP contribution in [0.3, 0.4) is 0 Å². The maximum Gasteiger partial charge on any atom is 0.311 e. The Morgan fingerprint density at radius 1 is 1.32 bits per heavy atom. The Kier molecular flexibility index (Phi) is 4.78. The van der Waals surface area contributed by atoms with Gasteiger partial charge in [0.05, 0.1) is 18.7 Å². The molecule has 0 heterocycles. The van der Waals surface area contributed by atoms with Crippen LogP contribution in [0.1, 0.15) is 17.0 Å². The van der Waals surface area contributed by atoms with Crippen LogP contribution in [0.25, 0.3) is 0 Å². The molecule has 0 fully saturated rings. The van der Waals surface area contributed by atoms with Crippen LogP contribution >= 0.6 is 11.6 Å². The van der Waals surface area contributed by atoms with E-state index < -0.39 is 11.9 Å². The van der Waals surface area contributed by atoms with Crippen molar-refractivity contribution in [1.82, 2.24) is 0 Å². The fourth-order valence-electron chi connectivity index (χ4n) is 2.24. The highest BCUT2D eigenvalue weighted by Gasteiger charge is 2.21. The predicted octanol–water partition coefficient (Wildman–Crippen LogP) is 3.05. The predicted molar refractivity (Wildman–Crippen MR) is 84.6 cm³/mol. The topological polar surface area (TPSA) is 92.8 Å². The molecule has 0 amide bonds. The number of rotatable bonds is 5. The van der Waals surface area contributed by atoms with Gasteiger partial charge in [-0.05, 0) is 41.8 Å². The van der Waals surface area contributed by atoms with Crippen LogP contribution in [-0.2, 0) is 11.2 Å². The van der Waals surface area contributed by atoms with Gasteiger partial charge >= 0.3 is 5.97 Å². The monoisotopic (exact) mass is 321 g/mol. The third-order valence-corrected chi connectivity index (χ3v) is 3.65. The van der Waals surface area contributed by atoms with Crippen LogP contribution in [-0.4, -0.2) is 23.3 Å². The largest absolute Gasteiger partial charge is 0.503 e. The number of ether oxygens (including phenoxy) is 1. The zero-order valence-corrected chi connectivity index (χ0v) is 12.7. The van der Waals surface area contributed by atoms with Crippen LogP contribution < -0.4 is 10.5 Å². The lowest BCUT2D eigenvalue weighted by atomic mass is 9.91. The van der Waals surface area contributed by atoms with Gasteiger partial charge in [-0.15, -0.1) is 0 Å². The van der Waals surface area contributed by atoms with Crippen molar-refractivity contribution in [1.29, 1.82) is 0 Å². The molecule has 0 aromatic heterocycles. The van der Waals surface area contributed by atoms with Crippen LogP contribution in [0.2, 0.25) is 5.02 Å². The van der Waals surface area contributed by atoms with E-state index in [0.29, 0.717) is 16.1 Å². The Morgan fingerprint density at radius 2 is 1.95 bits per heavy atom. The van der Waals surface area contributed by atoms with Gasteiger partial charge in [0.25, 0.3) is 0 Å². The maximum atomic E-state index is 11.6. The van der Waals surface area contributed by atoms with Crippen molar-refractivity contribution in [2.45, 2.75) is 12.3 Å². The Bertz CT molecular complexity index is 685. The number of halogens is 1. The second-order valence-electron chi connectivity index (χ2n) is 4.88. The average molecular weight is 322 g/mol. The number of nitrogen functional groups attached to an aromatic ring is 1. The minimum atomic E-state index is -0.951. The Labute approximate surface area is 132 Å². The number of carboxylic acids is 1. The number of phenolic OH excluding ortho intramolecular Hbond substituents is 1. The van der Waals surface area contributed by atoms with Gasteiger partial charge in [-0.3, -0.25) is 4.79 Å². The summed E-state index contributed by atoms with van der Waals surface area (Å²) in [7, 11) is 1.41. The molecule has 5 nitrogen and oxygen atoms in total. The summed E-state index contributed by atoms with van der Waals surface area (Å²) in [6, 6.07) is 9.79. The second-order valence-corrected chi connectivity index (χ2v) is 5.32. The van der Waals surface area contributed by atoms with E-state index in [1.54, 1.807) is 36.4 Å². The van der Waals surface area contributed by atoms with E-state index in [9.17, 15) is 15.0 Å². The molecule has 2 rings (SSSR count). The minimum Gasteiger partial charge on any atom is -0.503 e. The van der Waals surface area contributed by atoms with Crippen LogP contribution in [0.5, 0.6) is 11.5 Å². The molecule has 0 bridgehead atoms. The number of carboxylic acid groups (broad SMARTS) is 1. The van der Waals surface area contributed by atoms with Crippen molar-refractivity contribution >= 4 is 23.3 Å². The lowest BCUT2D eigenvalue weighted by Gasteiger charge is -2.15. The quantitative estimate of drug-likeness (QED) is 0.581. The third kappa shape index (κ3) is 3.43. The number of aliphatic carboxylic acids is 1. The number of aromatic hydroxyl groups is 1. The molecule has 0 saturated carbocycles. The van der Waals surface area contributed by atoms with Crippen molar-refractivity contribution in [3.8, 4) is 11.5 Å². The molecule has 0 aliphatic rings. The summed E-state index contributed by atoms with van der Waals surface area (Å²) in [4.78, 5) is 11.6. The molecule has 1 atom stereocenters. The highest BCUT2D eigenvalue weighted by Crippen LogP contribution is 2.35. The summed E-state index contributed by atoms with van der Waals surface area (Å²) < 4.78 is 5.04. The molecule has 2 aromatic carbocycles. The lowest BCUT2D eigenvalue weighted by molar-refractivity contribution is -0.138. The summed E-state index contributed by atoms with van der Waals surface area (Å²) in [5.74, 6) is -1.63. The summed E-state index contributed by atoms with van der Waals surface area (Å²) >= 11 is 5.83. The molecule has 0 radical (unpaired) electrons. The van der Waals surface area contributed by atoms with Gasteiger partial charge in [-0.2, -0.15) is 0 Å². The number of hydrogen-bond donors (Lipinski definition) is 3. The summed E-state index contributed by atoms with van der Waals surface area (Å²) in [5, 5.41) is 19.7. The first kappa shape index (κ1) is 16.0. The highest BCUT2D eigenvalue weighted by molar-refractivity contribution is 6.30. The summed E-state index contributed by atoms with van der Waals surface area (Å²) in [5.41, 5.74) is 7.16. The molecule has 116 valence electrons. The zero-order chi connectivity index (χ0) is 16.3. The number of phenols is 1. The second kappa shape index (κ2) is 6.58. The van der Waals surface area contributed by atoms with E-state index in [4.69, 9.17) is 22.1 Å². The van der Waals surface area contributed by atoms with E-state index in [0.717, 1.165) is 0 Å². The number of anilines is 1. The number of benzene rings is 2. The standard InChI is InChI=1S/C16H16ClNO4/c1-22-14-8-9(7-13(18)15(14)19)6-12(16(20)21)10-2-4-11(17)5-3-10/h2-5,7-8,12,19H,6,18H2,1H3,(H,20,21). The number of hydrogen-bond acceptors (Lipinski definition) is 4.